The maximum Gasteiger partial charge on any atom is 0.233 e. The van der Waals surface area contributed by atoms with Crippen molar-refractivity contribution >= 4 is 17.7 Å². The molecular weight excluding hydrogens is 292 g/mol. The molecule has 0 aromatic rings. The lowest BCUT2D eigenvalue weighted by molar-refractivity contribution is -0.140. The number of rotatable bonds is 5. The first-order valence-electron chi connectivity index (χ1n) is 8.98. The lowest BCUT2D eigenvalue weighted by Crippen LogP contribution is -2.36. The number of fused-ring (bicyclic) bond motifs is 5. The Hall–Kier alpha value is -1.65. The van der Waals surface area contributed by atoms with Crippen LogP contribution in [0.3, 0.4) is 0 Å². The predicted octanol–water partition coefficient (Wildman–Crippen LogP) is 1.49. The zero-order valence-corrected chi connectivity index (χ0v) is 13.4. The maximum absolute atomic E-state index is 12.5. The Morgan fingerprint density at radius 3 is 2.30 bits per heavy atom. The van der Waals surface area contributed by atoms with Crippen LogP contribution in [0.4, 0.5) is 0 Å². The second kappa shape index (κ2) is 5.77. The molecule has 1 aliphatic heterocycles. The fourth-order valence-electron chi connectivity index (χ4n) is 4.97. The van der Waals surface area contributed by atoms with E-state index in [1.54, 1.807) is 0 Å². The average Bonchev–Trinajstić information content (AvgIpc) is 3.30. The van der Waals surface area contributed by atoms with Crippen molar-refractivity contribution in [3.05, 3.63) is 12.2 Å². The van der Waals surface area contributed by atoms with Crippen molar-refractivity contribution in [1.29, 1.82) is 0 Å². The fourth-order valence-corrected chi connectivity index (χ4v) is 4.97. The summed E-state index contributed by atoms with van der Waals surface area (Å²) in [5.74, 6) is 0.669. The van der Waals surface area contributed by atoms with Crippen LogP contribution in [-0.2, 0) is 14.4 Å². The fraction of sp³-hybridized carbons (Fsp3) is 0.722. The third kappa shape index (κ3) is 2.41. The number of nitrogens with one attached hydrogen (secondary N) is 1. The molecule has 0 unspecified atom stereocenters. The van der Waals surface area contributed by atoms with Crippen molar-refractivity contribution in [3.63, 3.8) is 0 Å². The standard InChI is InChI=1S/C18H24N2O3/c21-16(11-4-1-2-5-11)19-8-3-9-20-17(22)14-12-6-7-13(10-12)15(14)18(20)23/h6-7,11-15H,1-5,8-10H2,(H,19,21)/t12-,13-,14-,15-/m0/s1. The molecule has 5 nitrogen and oxygen atoms in total. The van der Waals surface area contributed by atoms with E-state index in [4.69, 9.17) is 0 Å². The molecule has 4 aliphatic rings. The Morgan fingerprint density at radius 1 is 1.09 bits per heavy atom. The summed E-state index contributed by atoms with van der Waals surface area (Å²) >= 11 is 0. The first-order valence-corrected chi connectivity index (χ1v) is 8.98. The van der Waals surface area contributed by atoms with Crippen LogP contribution in [0.25, 0.3) is 0 Å². The zero-order chi connectivity index (χ0) is 16.0. The Kier molecular flexibility index (Phi) is 3.74. The highest BCUT2D eigenvalue weighted by Crippen LogP contribution is 2.52. The molecule has 5 heteroatoms. The minimum atomic E-state index is -0.106. The van der Waals surface area contributed by atoms with E-state index in [1.807, 2.05) is 0 Å². The second-order valence-corrected chi connectivity index (χ2v) is 7.45. The van der Waals surface area contributed by atoms with Crippen LogP contribution in [0.5, 0.6) is 0 Å². The van der Waals surface area contributed by atoms with E-state index in [2.05, 4.69) is 17.5 Å². The highest BCUT2D eigenvalue weighted by atomic mass is 16.2. The summed E-state index contributed by atoms with van der Waals surface area (Å²) in [4.78, 5) is 38.4. The van der Waals surface area contributed by atoms with Gasteiger partial charge in [0.25, 0.3) is 0 Å². The summed E-state index contributed by atoms with van der Waals surface area (Å²) in [7, 11) is 0. The van der Waals surface area contributed by atoms with Crippen LogP contribution in [0.2, 0.25) is 0 Å². The summed E-state index contributed by atoms with van der Waals surface area (Å²) in [5, 5.41) is 2.96. The van der Waals surface area contributed by atoms with Crippen LogP contribution in [0.1, 0.15) is 38.5 Å². The minimum Gasteiger partial charge on any atom is -0.356 e. The van der Waals surface area contributed by atoms with Gasteiger partial charge in [-0.1, -0.05) is 25.0 Å². The largest absolute Gasteiger partial charge is 0.356 e. The van der Waals surface area contributed by atoms with Gasteiger partial charge >= 0.3 is 0 Å². The number of amides is 3. The van der Waals surface area contributed by atoms with Crippen molar-refractivity contribution in [2.45, 2.75) is 38.5 Å². The number of allylic oxidation sites excluding steroid dienone is 2. The number of carbonyl (C=O) groups excluding carboxylic acids is 3. The lowest BCUT2D eigenvalue weighted by Gasteiger charge is -2.17. The molecule has 1 N–H and O–H groups in total. The summed E-state index contributed by atoms with van der Waals surface area (Å²) in [5.41, 5.74) is 0. The van der Waals surface area contributed by atoms with Crippen molar-refractivity contribution < 1.29 is 14.4 Å². The number of hydrogen-bond donors (Lipinski definition) is 1. The van der Waals surface area contributed by atoms with Gasteiger partial charge in [0.15, 0.2) is 0 Å². The van der Waals surface area contributed by atoms with Gasteiger partial charge in [-0.05, 0) is 37.5 Å². The molecule has 3 aliphatic carbocycles. The molecular formula is C18H24N2O3. The minimum absolute atomic E-state index is 0.0129. The van der Waals surface area contributed by atoms with Gasteiger partial charge in [-0.25, -0.2) is 0 Å². The molecule has 0 radical (unpaired) electrons. The zero-order valence-electron chi connectivity index (χ0n) is 13.4. The smallest absolute Gasteiger partial charge is 0.233 e. The van der Waals surface area contributed by atoms with Gasteiger partial charge in [-0.15, -0.1) is 0 Å². The Balaban J connectivity index is 1.26. The molecule has 1 saturated heterocycles. The average molecular weight is 316 g/mol. The van der Waals surface area contributed by atoms with Gasteiger partial charge in [0.1, 0.15) is 0 Å². The topological polar surface area (TPSA) is 66.5 Å². The van der Waals surface area contributed by atoms with Crippen LogP contribution in [0.15, 0.2) is 12.2 Å². The summed E-state index contributed by atoms with van der Waals surface area (Å²) in [6, 6.07) is 0. The normalized spacial score (nSPS) is 35.4. The van der Waals surface area contributed by atoms with E-state index in [0.29, 0.717) is 19.5 Å². The molecule has 2 saturated carbocycles. The van der Waals surface area contributed by atoms with Crippen molar-refractivity contribution in [3.8, 4) is 0 Å². The number of nitrogens with zero attached hydrogens (tertiary/aromatic N) is 1. The monoisotopic (exact) mass is 316 g/mol. The third-order valence-corrected chi connectivity index (χ3v) is 6.15. The van der Waals surface area contributed by atoms with Gasteiger partial charge in [0.05, 0.1) is 11.8 Å². The number of carbonyl (C=O) groups is 3. The van der Waals surface area contributed by atoms with Gasteiger partial charge in [0, 0.05) is 19.0 Å². The van der Waals surface area contributed by atoms with E-state index in [-0.39, 0.29) is 47.3 Å². The molecule has 0 spiro atoms. The van der Waals surface area contributed by atoms with Gasteiger partial charge < -0.3 is 5.32 Å². The van der Waals surface area contributed by atoms with Crippen LogP contribution < -0.4 is 5.32 Å². The van der Waals surface area contributed by atoms with Crippen molar-refractivity contribution in [1.82, 2.24) is 10.2 Å². The van der Waals surface area contributed by atoms with Gasteiger partial charge in [-0.3, -0.25) is 19.3 Å². The van der Waals surface area contributed by atoms with Crippen molar-refractivity contribution in [2.24, 2.45) is 29.6 Å². The number of hydrogen-bond acceptors (Lipinski definition) is 3. The molecule has 23 heavy (non-hydrogen) atoms. The molecule has 3 fully saturated rings. The highest BCUT2D eigenvalue weighted by Gasteiger charge is 2.58. The molecule has 4 atom stereocenters. The van der Waals surface area contributed by atoms with E-state index in [9.17, 15) is 14.4 Å². The highest BCUT2D eigenvalue weighted by molar-refractivity contribution is 6.06. The summed E-state index contributed by atoms with van der Waals surface area (Å²) < 4.78 is 0. The first-order chi connectivity index (χ1) is 11.2. The molecule has 0 aromatic heterocycles. The Morgan fingerprint density at radius 2 is 1.70 bits per heavy atom. The predicted molar refractivity (Wildman–Crippen MR) is 84.0 cm³/mol. The van der Waals surface area contributed by atoms with E-state index < -0.39 is 0 Å². The van der Waals surface area contributed by atoms with Gasteiger partial charge in [-0.2, -0.15) is 0 Å². The van der Waals surface area contributed by atoms with Gasteiger partial charge in [0.2, 0.25) is 17.7 Å². The summed E-state index contributed by atoms with van der Waals surface area (Å²) in [6.07, 6.45) is 10.1. The number of likely N-dealkylation sites (tertiary alicyclic amines) is 1. The second-order valence-electron chi connectivity index (χ2n) is 7.45. The molecule has 124 valence electrons. The molecule has 4 rings (SSSR count). The Bertz CT molecular complexity index is 535. The molecule has 0 aromatic carbocycles. The van der Waals surface area contributed by atoms with Crippen molar-refractivity contribution in [2.75, 3.05) is 13.1 Å². The quantitative estimate of drug-likeness (QED) is 0.475. The molecule has 3 amide bonds. The molecule has 1 heterocycles. The van der Waals surface area contributed by atoms with E-state index >= 15 is 0 Å². The third-order valence-electron chi connectivity index (χ3n) is 6.15. The van der Waals surface area contributed by atoms with E-state index in [0.717, 1.165) is 32.1 Å². The van der Waals surface area contributed by atoms with Crippen LogP contribution >= 0.6 is 0 Å². The maximum atomic E-state index is 12.5. The van der Waals surface area contributed by atoms with E-state index in [1.165, 1.54) is 4.90 Å². The van der Waals surface area contributed by atoms with Crippen LogP contribution in [0, 0.1) is 29.6 Å². The first kappa shape index (κ1) is 14.9. The lowest BCUT2D eigenvalue weighted by atomic mass is 9.85. The Labute approximate surface area is 136 Å². The molecule has 2 bridgehead atoms. The summed E-state index contributed by atoms with van der Waals surface area (Å²) in [6.45, 7) is 0.988. The van der Waals surface area contributed by atoms with Crippen LogP contribution in [-0.4, -0.2) is 35.7 Å². The SMILES string of the molecule is O=C(NCCCN1C(=O)[C@@H]2[C@@H](C1=O)[C@H]1C=C[C@H]2C1)C1CCCC1. The number of imide groups is 1.